The zero-order chi connectivity index (χ0) is 14.2. The Kier molecular flexibility index (Phi) is 3.51. The summed E-state index contributed by atoms with van der Waals surface area (Å²) in [6, 6.07) is 5.08. The number of halogens is 1. The number of aliphatic carboxylic acids is 1. The van der Waals surface area contributed by atoms with Crippen LogP contribution in [-0.2, 0) is 14.5 Å². The summed E-state index contributed by atoms with van der Waals surface area (Å²) in [5.41, 5.74) is -1.09. The van der Waals surface area contributed by atoms with Crippen LogP contribution >= 0.6 is 15.9 Å². The average Bonchev–Trinajstić information content (AvgIpc) is 3.15. The molecule has 1 aromatic rings. The number of carboxylic acids is 1. The van der Waals surface area contributed by atoms with Gasteiger partial charge in [-0.05, 0) is 30.2 Å². The first-order valence-electron chi connectivity index (χ1n) is 5.40. The van der Waals surface area contributed by atoms with Gasteiger partial charge in [0.1, 0.15) is 5.75 Å². The summed E-state index contributed by atoms with van der Waals surface area (Å²) in [5, 5.41) is 17.6. The minimum absolute atomic E-state index is 0.0769. The maximum atomic E-state index is 11.5. The zero-order valence-corrected chi connectivity index (χ0v) is 11.5. The third-order valence-corrected chi connectivity index (χ3v) is 4.09. The van der Waals surface area contributed by atoms with Crippen LogP contribution in [0.4, 0.5) is 0 Å². The van der Waals surface area contributed by atoms with Crippen molar-refractivity contribution in [1.82, 2.24) is 0 Å². The summed E-state index contributed by atoms with van der Waals surface area (Å²) in [5.74, 6) is -2.47. The van der Waals surface area contributed by atoms with Gasteiger partial charge >= 0.3 is 11.9 Å². The Hall–Kier alpha value is -1.60. The van der Waals surface area contributed by atoms with Crippen LogP contribution in [0.2, 0.25) is 0 Å². The summed E-state index contributed by atoms with van der Waals surface area (Å²) >= 11 is 3.31. The molecule has 0 saturated heterocycles. The van der Waals surface area contributed by atoms with Gasteiger partial charge in [0.2, 0.25) is 0 Å². The number of benzene rings is 1. The van der Waals surface area contributed by atoms with E-state index in [1.807, 2.05) is 0 Å². The van der Waals surface area contributed by atoms with Crippen LogP contribution in [0.1, 0.15) is 17.9 Å². The highest BCUT2D eigenvalue weighted by Gasteiger charge is 2.69. The molecule has 0 bridgehead atoms. The van der Waals surface area contributed by atoms with Crippen LogP contribution < -0.4 is 4.74 Å². The van der Waals surface area contributed by atoms with Crippen LogP contribution in [0.5, 0.6) is 5.75 Å². The number of rotatable bonds is 4. The predicted molar refractivity (Wildman–Crippen MR) is 66.8 cm³/mol. The molecule has 6 nitrogen and oxygen atoms in total. The second-order valence-corrected chi connectivity index (χ2v) is 5.15. The lowest BCUT2D eigenvalue weighted by Crippen LogP contribution is -2.28. The molecule has 7 heteroatoms. The molecule has 102 valence electrons. The van der Waals surface area contributed by atoms with Gasteiger partial charge in [-0.2, -0.15) is 5.26 Å². The average molecular weight is 331 g/mol. The van der Waals surface area contributed by atoms with E-state index in [1.54, 1.807) is 18.2 Å². The Morgan fingerprint density at radius 3 is 2.68 bits per heavy atom. The van der Waals surface area contributed by atoms with E-state index < -0.39 is 23.3 Å². The monoisotopic (exact) mass is 330 g/mol. The fourth-order valence-electron chi connectivity index (χ4n) is 2.19. The molecule has 0 radical (unpaired) electrons. The van der Waals surface area contributed by atoms with Crippen molar-refractivity contribution in [2.75, 3.05) is 7.11 Å². The predicted octanol–water partition coefficient (Wildman–Crippen LogP) is 2.03. The van der Waals surface area contributed by atoms with E-state index in [4.69, 9.17) is 9.99 Å². The van der Waals surface area contributed by atoms with Crippen LogP contribution in [0, 0.1) is 5.41 Å². The van der Waals surface area contributed by atoms with Crippen molar-refractivity contribution < 1.29 is 29.6 Å². The Morgan fingerprint density at radius 2 is 2.16 bits per heavy atom. The van der Waals surface area contributed by atoms with E-state index in [9.17, 15) is 14.7 Å². The highest BCUT2D eigenvalue weighted by atomic mass is 79.9. The highest BCUT2D eigenvalue weighted by molar-refractivity contribution is 9.10. The molecule has 0 spiro atoms. The fourth-order valence-corrected chi connectivity index (χ4v) is 2.71. The Labute approximate surface area is 117 Å². The summed E-state index contributed by atoms with van der Waals surface area (Å²) in [4.78, 5) is 26.4. The summed E-state index contributed by atoms with van der Waals surface area (Å²) in [6.07, 6.45) is 0.0769. The van der Waals surface area contributed by atoms with Crippen LogP contribution in [0.3, 0.4) is 0 Å². The van der Waals surface area contributed by atoms with Crippen molar-refractivity contribution in [1.29, 1.82) is 0 Å². The number of carbonyl (C=O) groups excluding carboxylic acids is 1. The van der Waals surface area contributed by atoms with E-state index in [-0.39, 0.29) is 6.42 Å². The molecule has 1 aromatic carbocycles. The van der Waals surface area contributed by atoms with Crippen molar-refractivity contribution in [2.24, 2.45) is 5.41 Å². The van der Waals surface area contributed by atoms with Gasteiger partial charge in [0.05, 0.1) is 7.11 Å². The first-order chi connectivity index (χ1) is 8.97. The molecule has 0 aliphatic heterocycles. The number of ether oxygens (including phenoxy) is 1. The molecule has 19 heavy (non-hydrogen) atoms. The molecule has 2 atom stereocenters. The number of hydrogen-bond acceptors (Lipinski definition) is 5. The molecule has 1 saturated carbocycles. The summed E-state index contributed by atoms with van der Waals surface area (Å²) in [7, 11) is 1.49. The molecule has 0 heterocycles. The Morgan fingerprint density at radius 1 is 1.47 bits per heavy atom. The number of carbonyl (C=O) groups is 2. The third kappa shape index (κ3) is 2.08. The standard InChI is InChI=1S/C12H11BrO6/c1-18-6-2-3-9(13)7(4-6)8-5-12(8,10(14)15)11(16)19-17/h2-4,8,17H,5H2,1H3,(H,14,15). The van der Waals surface area contributed by atoms with Crippen molar-refractivity contribution in [3.8, 4) is 5.75 Å². The van der Waals surface area contributed by atoms with Crippen molar-refractivity contribution in [3.05, 3.63) is 28.2 Å². The first-order valence-corrected chi connectivity index (χ1v) is 6.19. The maximum Gasteiger partial charge on any atom is 0.359 e. The molecule has 1 aliphatic rings. The lowest BCUT2D eigenvalue weighted by atomic mass is 9.99. The third-order valence-electron chi connectivity index (χ3n) is 3.37. The van der Waals surface area contributed by atoms with Gasteiger partial charge < -0.3 is 9.84 Å². The van der Waals surface area contributed by atoms with Gasteiger partial charge in [-0.3, -0.25) is 9.68 Å². The molecule has 1 aliphatic carbocycles. The van der Waals surface area contributed by atoms with Gasteiger partial charge in [0, 0.05) is 10.4 Å². The first kappa shape index (κ1) is 13.8. The van der Waals surface area contributed by atoms with Crippen molar-refractivity contribution >= 4 is 27.9 Å². The van der Waals surface area contributed by atoms with Crippen molar-refractivity contribution in [3.63, 3.8) is 0 Å². The van der Waals surface area contributed by atoms with E-state index in [2.05, 4.69) is 20.8 Å². The fraction of sp³-hybridized carbons (Fsp3) is 0.333. The molecular formula is C12H11BrO6. The van der Waals surface area contributed by atoms with Gasteiger partial charge in [-0.1, -0.05) is 15.9 Å². The van der Waals surface area contributed by atoms with Crippen molar-refractivity contribution in [2.45, 2.75) is 12.3 Å². The second kappa shape index (κ2) is 4.82. The number of hydrogen-bond donors (Lipinski definition) is 2. The largest absolute Gasteiger partial charge is 0.497 e. The maximum absolute atomic E-state index is 11.5. The lowest BCUT2D eigenvalue weighted by Gasteiger charge is -2.11. The summed E-state index contributed by atoms with van der Waals surface area (Å²) in [6.45, 7) is 0. The molecule has 0 aromatic heterocycles. The Bertz CT molecular complexity index is 543. The van der Waals surface area contributed by atoms with Crippen LogP contribution in [-0.4, -0.2) is 29.4 Å². The SMILES string of the molecule is COc1ccc(Br)c(C2CC2(C(=O)O)C(=O)OO)c1. The van der Waals surface area contributed by atoms with Gasteiger partial charge in [0.25, 0.3) is 0 Å². The van der Waals surface area contributed by atoms with Crippen LogP contribution in [0.15, 0.2) is 22.7 Å². The zero-order valence-electron chi connectivity index (χ0n) is 9.92. The minimum atomic E-state index is -1.72. The van der Waals surface area contributed by atoms with Gasteiger partial charge in [0.15, 0.2) is 5.41 Å². The molecule has 2 N–H and O–H groups in total. The minimum Gasteiger partial charge on any atom is -0.497 e. The Balaban J connectivity index is 2.40. The van der Waals surface area contributed by atoms with Gasteiger partial charge in [-0.25, -0.2) is 4.79 Å². The molecular weight excluding hydrogens is 320 g/mol. The lowest BCUT2D eigenvalue weighted by molar-refractivity contribution is -0.241. The van der Waals surface area contributed by atoms with E-state index in [0.29, 0.717) is 15.8 Å². The number of methoxy groups -OCH3 is 1. The highest BCUT2D eigenvalue weighted by Crippen LogP contribution is 2.61. The molecule has 0 amide bonds. The number of carboxylic acid groups (broad SMARTS) is 1. The van der Waals surface area contributed by atoms with Crippen LogP contribution in [0.25, 0.3) is 0 Å². The molecule has 2 unspecified atom stereocenters. The molecule has 2 rings (SSSR count). The van der Waals surface area contributed by atoms with Gasteiger partial charge in [-0.15, -0.1) is 0 Å². The quantitative estimate of drug-likeness (QED) is 0.498. The second-order valence-electron chi connectivity index (χ2n) is 4.30. The van der Waals surface area contributed by atoms with E-state index in [1.165, 1.54) is 7.11 Å². The smallest absolute Gasteiger partial charge is 0.359 e. The summed E-state index contributed by atoms with van der Waals surface area (Å²) < 4.78 is 5.74. The van der Waals surface area contributed by atoms with E-state index in [0.717, 1.165) is 0 Å². The topological polar surface area (TPSA) is 93.1 Å². The van der Waals surface area contributed by atoms with E-state index >= 15 is 0 Å². The normalized spacial score (nSPS) is 24.7. The molecule has 1 fully saturated rings.